The molecule has 0 bridgehead atoms. The minimum atomic E-state index is -0.432. The molecule has 0 aliphatic rings. The summed E-state index contributed by atoms with van der Waals surface area (Å²) in [5, 5.41) is 0. The van der Waals surface area contributed by atoms with Gasteiger partial charge in [0.2, 0.25) is 0 Å². The molecule has 0 radical (unpaired) electrons. The van der Waals surface area contributed by atoms with Gasteiger partial charge in [-0.05, 0) is 39.8 Å². The molecule has 2 nitrogen and oxygen atoms in total. The van der Waals surface area contributed by atoms with Gasteiger partial charge in [0.15, 0.2) is 0 Å². The molecule has 1 aromatic rings. The molecule has 106 valence electrons. The van der Waals surface area contributed by atoms with Crippen molar-refractivity contribution in [2.45, 2.75) is 27.7 Å². The average Bonchev–Trinajstić information content (AvgIpc) is 2.42. The summed E-state index contributed by atoms with van der Waals surface area (Å²) in [6.45, 7) is 10.5. The lowest BCUT2D eigenvalue weighted by Crippen LogP contribution is -1.98. The molecule has 0 unspecified atom stereocenters. The van der Waals surface area contributed by atoms with Crippen molar-refractivity contribution in [1.29, 1.82) is 0 Å². The van der Waals surface area contributed by atoms with E-state index in [0.717, 1.165) is 6.20 Å². The Morgan fingerprint density at radius 1 is 1.35 bits per heavy atom. The minimum Gasteiger partial charge on any atom is -0.258 e. The summed E-state index contributed by atoms with van der Waals surface area (Å²) in [5.41, 5.74) is 2.52. The fourth-order valence-corrected chi connectivity index (χ4v) is 1.78. The van der Waals surface area contributed by atoms with E-state index < -0.39 is 11.6 Å². The van der Waals surface area contributed by atoms with Crippen LogP contribution in [-0.4, -0.2) is 10.7 Å². The SMILES string of the molecule is C=C(/N=C(C)\C(F)=C/C)/C(=C/C)c1cc(F)cnc1C. The number of hydrogen-bond donors (Lipinski definition) is 0. The number of rotatable bonds is 4. The zero-order valence-corrected chi connectivity index (χ0v) is 12.2. The molecular formula is C16H18F2N2. The highest BCUT2D eigenvalue weighted by Crippen LogP contribution is 2.26. The van der Waals surface area contributed by atoms with Crippen LogP contribution >= 0.6 is 0 Å². The first kappa shape index (κ1) is 16.0. The summed E-state index contributed by atoms with van der Waals surface area (Å²) in [5.74, 6) is -0.839. The molecule has 0 saturated carbocycles. The Balaban J connectivity index is 3.22. The van der Waals surface area contributed by atoms with Crippen LogP contribution in [-0.2, 0) is 0 Å². The highest BCUT2D eigenvalue weighted by atomic mass is 19.1. The molecule has 1 aromatic heterocycles. The van der Waals surface area contributed by atoms with E-state index in [-0.39, 0.29) is 5.71 Å². The van der Waals surface area contributed by atoms with Crippen molar-refractivity contribution < 1.29 is 8.78 Å². The lowest BCUT2D eigenvalue weighted by atomic mass is 10.0. The Labute approximate surface area is 118 Å². The molecule has 20 heavy (non-hydrogen) atoms. The van der Waals surface area contributed by atoms with Crippen LogP contribution in [0.15, 0.2) is 47.5 Å². The summed E-state index contributed by atoms with van der Waals surface area (Å²) >= 11 is 0. The van der Waals surface area contributed by atoms with Gasteiger partial charge >= 0.3 is 0 Å². The number of aliphatic imine (C=N–C) groups is 1. The molecule has 0 atom stereocenters. The van der Waals surface area contributed by atoms with Crippen molar-refractivity contribution in [2.24, 2.45) is 4.99 Å². The van der Waals surface area contributed by atoms with E-state index in [1.165, 1.54) is 12.1 Å². The van der Waals surface area contributed by atoms with E-state index in [1.54, 1.807) is 33.8 Å². The predicted molar refractivity (Wildman–Crippen MR) is 79.7 cm³/mol. The van der Waals surface area contributed by atoms with Gasteiger partial charge in [-0.25, -0.2) is 8.78 Å². The highest BCUT2D eigenvalue weighted by molar-refractivity contribution is 5.98. The largest absolute Gasteiger partial charge is 0.258 e. The van der Waals surface area contributed by atoms with E-state index in [9.17, 15) is 8.78 Å². The zero-order chi connectivity index (χ0) is 15.3. The van der Waals surface area contributed by atoms with Crippen molar-refractivity contribution in [3.63, 3.8) is 0 Å². The molecule has 4 heteroatoms. The normalized spacial score (nSPS) is 13.6. The molecule has 0 aliphatic carbocycles. The molecule has 0 fully saturated rings. The lowest BCUT2D eigenvalue weighted by Gasteiger charge is -2.10. The monoisotopic (exact) mass is 276 g/mol. The predicted octanol–water partition coefficient (Wildman–Crippen LogP) is 4.78. The summed E-state index contributed by atoms with van der Waals surface area (Å²) in [4.78, 5) is 8.10. The van der Waals surface area contributed by atoms with Gasteiger partial charge in [-0.2, -0.15) is 0 Å². The molecule has 0 spiro atoms. The van der Waals surface area contributed by atoms with Crippen LogP contribution in [0.25, 0.3) is 5.57 Å². The molecule has 0 aromatic carbocycles. The third-order valence-electron chi connectivity index (χ3n) is 2.85. The molecule has 0 saturated heterocycles. The third kappa shape index (κ3) is 3.70. The number of aromatic nitrogens is 1. The van der Waals surface area contributed by atoms with Gasteiger partial charge in [0, 0.05) is 16.8 Å². The van der Waals surface area contributed by atoms with E-state index in [1.807, 2.05) is 0 Å². The summed E-state index contributed by atoms with van der Waals surface area (Å²) in [6.07, 6.45) is 4.25. The average molecular weight is 276 g/mol. The highest BCUT2D eigenvalue weighted by Gasteiger charge is 2.11. The fraction of sp³-hybridized carbons (Fsp3) is 0.250. The van der Waals surface area contributed by atoms with Crippen molar-refractivity contribution in [3.8, 4) is 0 Å². The maximum atomic E-state index is 13.4. The first-order valence-corrected chi connectivity index (χ1v) is 6.26. The summed E-state index contributed by atoms with van der Waals surface area (Å²) in [6, 6.07) is 1.37. The standard InChI is InChI=1S/C16H18F2N2/c1-6-14(11(4)20-12(5)16(18)7-2)15-8-13(17)9-19-10(15)3/h6-9H,4H2,1-3,5H3/b14-6-,16-7+,20-12-. The fourth-order valence-electron chi connectivity index (χ4n) is 1.78. The Morgan fingerprint density at radius 3 is 2.55 bits per heavy atom. The molecular weight excluding hydrogens is 258 g/mol. The first-order valence-electron chi connectivity index (χ1n) is 6.26. The Bertz CT molecular complexity index is 611. The van der Waals surface area contributed by atoms with Crippen LogP contribution in [0.1, 0.15) is 32.0 Å². The van der Waals surface area contributed by atoms with Gasteiger partial charge in [-0.3, -0.25) is 9.98 Å². The van der Waals surface area contributed by atoms with Crippen LogP contribution in [0.4, 0.5) is 8.78 Å². The maximum Gasteiger partial charge on any atom is 0.142 e. The second-order valence-corrected chi connectivity index (χ2v) is 4.27. The molecule has 1 rings (SSSR count). The second kappa shape index (κ2) is 6.89. The summed E-state index contributed by atoms with van der Waals surface area (Å²) < 4.78 is 26.7. The zero-order valence-electron chi connectivity index (χ0n) is 12.2. The molecule has 0 amide bonds. The van der Waals surface area contributed by atoms with Crippen molar-refractivity contribution in [1.82, 2.24) is 4.98 Å². The van der Waals surface area contributed by atoms with E-state index >= 15 is 0 Å². The first-order chi connectivity index (χ1) is 9.40. The lowest BCUT2D eigenvalue weighted by molar-refractivity contribution is 0.619. The topological polar surface area (TPSA) is 25.2 Å². The molecule has 0 N–H and O–H groups in total. The van der Waals surface area contributed by atoms with Crippen molar-refractivity contribution in [3.05, 3.63) is 59.6 Å². The van der Waals surface area contributed by atoms with Gasteiger partial charge in [0.05, 0.1) is 17.6 Å². The number of halogens is 2. The molecule has 1 heterocycles. The Hall–Kier alpha value is -2.10. The number of allylic oxidation sites excluding steroid dienone is 4. The van der Waals surface area contributed by atoms with Gasteiger partial charge in [-0.1, -0.05) is 12.7 Å². The van der Waals surface area contributed by atoms with Crippen LogP contribution in [0, 0.1) is 12.7 Å². The number of nitrogens with zero attached hydrogens (tertiary/aromatic N) is 2. The minimum absolute atomic E-state index is 0.235. The maximum absolute atomic E-state index is 13.4. The number of hydrogen-bond acceptors (Lipinski definition) is 2. The van der Waals surface area contributed by atoms with E-state index in [2.05, 4.69) is 16.6 Å². The van der Waals surface area contributed by atoms with E-state index in [0.29, 0.717) is 22.5 Å². The van der Waals surface area contributed by atoms with Gasteiger partial charge < -0.3 is 0 Å². The number of pyridine rings is 1. The van der Waals surface area contributed by atoms with Gasteiger partial charge in [0.25, 0.3) is 0 Å². The third-order valence-corrected chi connectivity index (χ3v) is 2.85. The van der Waals surface area contributed by atoms with Crippen molar-refractivity contribution >= 4 is 11.3 Å². The van der Waals surface area contributed by atoms with Crippen molar-refractivity contribution in [2.75, 3.05) is 0 Å². The van der Waals surface area contributed by atoms with Crippen LogP contribution in [0.3, 0.4) is 0 Å². The Morgan fingerprint density at radius 2 is 2.00 bits per heavy atom. The quantitative estimate of drug-likeness (QED) is 0.574. The van der Waals surface area contributed by atoms with Gasteiger partial charge in [-0.15, -0.1) is 0 Å². The summed E-state index contributed by atoms with van der Waals surface area (Å²) in [7, 11) is 0. The van der Waals surface area contributed by atoms with E-state index in [4.69, 9.17) is 0 Å². The van der Waals surface area contributed by atoms with Crippen LogP contribution in [0.5, 0.6) is 0 Å². The Kier molecular flexibility index (Phi) is 5.50. The van der Waals surface area contributed by atoms with Crippen LogP contribution in [0.2, 0.25) is 0 Å². The second-order valence-electron chi connectivity index (χ2n) is 4.27. The smallest absolute Gasteiger partial charge is 0.142 e. The van der Waals surface area contributed by atoms with Gasteiger partial charge in [0.1, 0.15) is 11.6 Å². The molecule has 0 aliphatic heterocycles. The number of aryl methyl sites for hydroxylation is 1. The van der Waals surface area contributed by atoms with Crippen LogP contribution < -0.4 is 0 Å².